The summed E-state index contributed by atoms with van der Waals surface area (Å²) in [4.78, 5) is 10.8. The van der Waals surface area contributed by atoms with Crippen LogP contribution in [0, 0.1) is 5.92 Å². The zero-order valence-corrected chi connectivity index (χ0v) is 6.21. The Kier molecular flexibility index (Phi) is 4.30. The molecule has 0 unspecified atom stereocenters. The second-order valence-corrected chi connectivity index (χ2v) is 2.84. The van der Waals surface area contributed by atoms with Crippen molar-refractivity contribution in [2.45, 2.75) is 27.2 Å². The maximum absolute atomic E-state index is 10.8. The molecule has 0 aliphatic carbocycles. The third kappa shape index (κ3) is 2.99. The molecule has 0 aromatic heterocycles. The predicted octanol–water partition coefficient (Wildman–Crippen LogP) is 1.56. The molecule has 0 aromatic rings. The van der Waals surface area contributed by atoms with Gasteiger partial charge in [-0.3, -0.25) is 4.79 Å². The number of carbonyl (C=O) groups is 1. The number of hydrogen-bond acceptors (Lipinski definition) is 3. The van der Waals surface area contributed by atoms with E-state index in [1.54, 1.807) is 6.92 Å². The molecule has 1 rings (SSSR count). The average molecular weight is 161 g/mol. The van der Waals surface area contributed by atoms with Crippen molar-refractivity contribution in [2.75, 3.05) is 13.1 Å². The normalized spacial score (nSPS) is 20.9. The van der Waals surface area contributed by atoms with Crippen LogP contribution in [0.4, 0.5) is 0 Å². The van der Waals surface area contributed by atoms with Gasteiger partial charge in [0.25, 0.3) is 0 Å². The number of Topliss-reactive ketones (excluding diaryl/α,β-unsaturated/α-hetero) is 1. The summed E-state index contributed by atoms with van der Waals surface area (Å²) >= 11 is 0. The second-order valence-electron chi connectivity index (χ2n) is 2.84. The first-order valence-corrected chi connectivity index (χ1v) is 3.64. The molecule has 0 spiro atoms. The fraction of sp³-hybridized carbons (Fsp3) is 0.875. The Morgan fingerprint density at radius 1 is 1.55 bits per heavy atom. The van der Waals surface area contributed by atoms with Crippen LogP contribution in [0.2, 0.25) is 0 Å². The molecular formula is C8H19NO2. The fourth-order valence-corrected chi connectivity index (χ4v) is 1.27. The Labute approximate surface area is 69.4 Å². The molecule has 1 aliphatic rings. The lowest BCUT2D eigenvalue weighted by molar-refractivity contribution is -0.133. The standard InChI is InChI=1S/C7H13NO2.CH4.H2/c1-6(9)7-2-4-8(10)5-3-7;;/h7,10H,2-5H2,1H3;1H4;1H. The van der Waals surface area contributed by atoms with E-state index in [1.807, 2.05) is 0 Å². The van der Waals surface area contributed by atoms with Gasteiger partial charge in [-0.25, -0.2) is 0 Å². The van der Waals surface area contributed by atoms with Crippen molar-refractivity contribution in [3.8, 4) is 0 Å². The van der Waals surface area contributed by atoms with Crippen LogP contribution in [0.3, 0.4) is 0 Å². The Hall–Kier alpha value is -0.410. The summed E-state index contributed by atoms with van der Waals surface area (Å²) in [7, 11) is 0. The van der Waals surface area contributed by atoms with Gasteiger partial charge in [-0.1, -0.05) is 7.43 Å². The van der Waals surface area contributed by atoms with Crippen molar-refractivity contribution in [2.24, 2.45) is 5.92 Å². The molecule has 1 saturated heterocycles. The van der Waals surface area contributed by atoms with Crippen LogP contribution >= 0.6 is 0 Å². The average Bonchev–Trinajstić information content (AvgIpc) is 1.88. The number of piperidine rings is 1. The minimum absolute atomic E-state index is 0. The first-order valence-electron chi connectivity index (χ1n) is 3.64. The molecule has 1 aliphatic heterocycles. The van der Waals surface area contributed by atoms with Gasteiger partial charge in [-0.15, -0.1) is 0 Å². The largest absolute Gasteiger partial charge is 0.314 e. The Morgan fingerprint density at radius 3 is 2.36 bits per heavy atom. The highest BCUT2D eigenvalue weighted by molar-refractivity contribution is 5.78. The van der Waals surface area contributed by atoms with Crippen molar-refractivity contribution < 1.29 is 11.4 Å². The highest BCUT2D eigenvalue weighted by Crippen LogP contribution is 2.15. The van der Waals surface area contributed by atoms with Gasteiger partial charge in [0.1, 0.15) is 5.78 Å². The van der Waals surface area contributed by atoms with Crippen molar-refractivity contribution in [3.05, 3.63) is 0 Å². The van der Waals surface area contributed by atoms with Crippen LogP contribution in [0.1, 0.15) is 28.6 Å². The van der Waals surface area contributed by atoms with E-state index in [0.29, 0.717) is 13.1 Å². The molecule has 11 heavy (non-hydrogen) atoms. The van der Waals surface area contributed by atoms with Gasteiger partial charge in [-0.2, -0.15) is 5.06 Å². The molecule has 68 valence electrons. The Bertz CT molecular complexity index is 133. The highest BCUT2D eigenvalue weighted by atomic mass is 16.5. The number of rotatable bonds is 1. The fourth-order valence-electron chi connectivity index (χ4n) is 1.27. The third-order valence-corrected chi connectivity index (χ3v) is 2.05. The quantitative estimate of drug-likeness (QED) is 0.634. The molecule has 0 radical (unpaired) electrons. The van der Waals surface area contributed by atoms with E-state index in [2.05, 4.69) is 0 Å². The van der Waals surface area contributed by atoms with Crippen molar-refractivity contribution >= 4 is 5.78 Å². The summed E-state index contributed by atoms with van der Waals surface area (Å²) in [6.45, 7) is 2.91. The Morgan fingerprint density at radius 2 is 2.00 bits per heavy atom. The smallest absolute Gasteiger partial charge is 0.133 e. The first-order chi connectivity index (χ1) is 4.70. The summed E-state index contributed by atoms with van der Waals surface area (Å²) in [5.41, 5.74) is 0. The Balaban J connectivity index is 0. The molecular weight excluding hydrogens is 142 g/mol. The molecule has 1 N–H and O–H groups in total. The van der Waals surface area contributed by atoms with Crippen LogP contribution < -0.4 is 0 Å². The molecule has 0 saturated carbocycles. The predicted molar refractivity (Wildman–Crippen MR) is 45.6 cm³/mol. The lowest BCUT2D eigenvalue weighted by Gasteiger charge is -2.25. The molecule has 1 heterocycles. The summed E-state index contributed by atoms with van der Waals surface area (Å²) in [5, 5.41) is 10.2. The van der Waals surface area contributed by atoms with Gasteiger partial charge in [0.2, 0.25) is 0 Å². The van der Waals surface area contributed by atoms with Crippen LogP contribution in [-0.4, -0.2) is 29.1 Å². The SMILES string of the molecule is C.CC(=O)C1CCN(O)CC1.[HH]. The van der Waals surface area contributed by atoms with Crippen LogP contribution in [0.5, 0.6) is 0 Å². The zero-order chi connectivity index (χ0) is 7.56. The summed E-state index contributed by atoms with van der Waals surface area (Å²) < 4.78 is 0. The molecule has 0 amide bonds. The second kappa shape index (κ2) is 4.46. The van der Waals surface area contributed by atoms with Gasteiger partial charge in [-0.05, 0) is 19.8 Å². The van der Waals surface area contributed by atoms with Gasteiger partial charge in [0, 0.05) is 20.4 Å². The van der Waals surface area contributed by atoms with E-state index < -0.39 is 0 Å². The zero-order valence-electron chi connectivity index (χ0n) is 6.21. The van der Waals surface area contributed by atoms with Crippen molar-refractivity contribution in [1.29, 1.82) is 0 Å². The van der Waals surface area contributed by atoms with Crippen LogP contribution in [0.15, 0.2) is 0 Å². The number of hydroxylamine groups is 2. The molecule has 3 heteroatoms. The van der Waals surface area contributed by atoms with Gasteiger partial charge >= 0.3 is 0 Å². The third-order valence-electron chi connectivity index (χ3n) is 2.05. The maximum Gasteiger partial charge on any atom is 0.133 e. The minimum atomic E-state index is 0. The van der Waals surface area contributed by atoms with Crippen LogP contribution in [-0.2, 0) is 4.79 Å². The van der Waals surface area contributed by atoms with E-state index in [0.717, 1.165) is 12.8 Å². The first kappa shape index (κ1) is 10.6. The van der Waals surface area contributed by atoms with Gasteiger partial charge in [0.05, 0.1) is 0 Å². The number of ketones is 1. The topological polar surface area (TPSA) is 40.5 Å². The lowest BCUT2D eigenvalue weighted by Crippen LogP contribution is -2.33. The van der Waals surface area contributed by atoms with Crippen molar-refractivity contribution in [3.63, 3.8) is 0 Å². The molecule has 1 fully saturated rings. The van der Waals surface area contributed by atoms with Gasteiger partial charge < -0.3 is 5.21 Å². The van der Waals surface area contributed by atoms with E-state index in [4.69, 9.17) is 5.21 Å². The maximum atomic E-state index is 10.8. The number of hydrogen-bond donors (Lipinski definition) is 1. The summed E-state index contributed by atoms with van der Waals surface area (Å²) in [5.74, 6) is 0.455. The van der Waals surface area contributed by atoms with E-state index in [-0.39, 0.29) is 20.6 Å². The number of carbonyl (C=O) groups excluding carboxylic acids is 1. The van der Waals surface area contributed by atoms with E-state index in [1.165, 1.54) is 5.06 Å². The monoisotopic (exact) mass is 161 g/mol. The van der Waals surface area contributed by atoms with Crippen LogP contribution in [0.25, 0.3) is 0 Å². The molecule has 0 bridgehead atoms. The molecule has 0 aromatic carbocycles. The highest BCUT2D eigenvalue weighted by Gasteiger charge is 2.20. The summed E-state index contributed by atoms with van der Waals surface area (Å²) in [6.07, 6.45) is 1.62. The minimum Gasteiger partial charge on any atom is -0.314 e. The molecule has 0 atom stereocenters. The number of nitrogens with zero attached hydrogens (tertiary/aromatic N) is 1. The van der Waals surface area contributed by atoms with E-state index in [9.17, 15) is 4.79 Å². The molecule has 3 nitrogen and oxygen atoms in total. The van der Waals surface area contributed by atoms with Gasteiger partial charge in [0.15, 0.2) is 0 Å². The summed E-state index contributed by atoms with van der Waals surface area (Å²) in [6, 6.07) is 0. The van der Waals surface area contributed by atoms with E-state index >= 15 is 0 Å². The lowest BCUT2D eigenvalue weighted by atomic mass is 9.94. The van der Waals surface area contributed by atoms with Crippen molar-refractivity contribution in [1.82, 2.24) is 5.06 Å².